The maximum Gasteiger partial charge on any atom is 0.314 e. The third-order valence-electron chi connectivity index (χ3n) is 3.86. The third-order valence-corrected chi connectivity index (χ3v) is 3.86. The van der Waals surface area contributed by atoms with Gasteiger partial charge in [-0.3, -0.25) is 4.79 Å². The maximum atomic E-state index is 11.9. The second kappa shape index (κ2) is 3.93. The van der Waals surface area contributed by atoms with Gasteiger partial charge in [-0.25, -0.2) is 0 Å². The lowest BCUT2D eigenvalue weighted by atomic mass is 9.77. The van der Waals surface area contributed by atoms with Crippen molar-refractivity contribution >= 4 is 5.97 Å². The average Bonchev–Trinajstić information content (AvgIpc) is 2.66. The van der Waals surface area contributed by atoms with Gasteiger partial charge in [-0.1, -0.05) is 36.8 Å². The average molecular weight is 216 g/mol. The van der Waals surface area contributed by atoms with Crippen LogP contribution in [-0.4, -0.2) is 12.1 Å². The first-order valence-corrected chi connectivity index (χ1v) is 6.12. The van der Waals surface area contributed by atoms with Gasteiger partial charge in [-0.2, -0.15) is 0 Å². The van der Waals surface area contributed by atoms with Crippen LogP contribution in [0.1, 0.15) is 37.2 Å². The van der Waals surface area contributed by atoms with Crippen molar-refractivity contribution in [1.29, 1.82) is 0 Å². The third kappa shape index (κ3) is 1.53. The van der Waals surface area contributed by atoms with E-state index in [1.165, 1.54) is 12.8 Å². The number of ether oxygens (including phenoxy) is 1. The van der Waals surface area contributed by atoms with Gasteiger partial charge in [0.1, 0.15) is 6.10 Å². The van der Waals surface area contributed by atoms with Crippen LogP contribution in [0.5, 0.6) is 0 Å². The van der Waals surface area contributed by atoms with Crippen molar-refractivity contribution in [1.82, 2.24) is 0 Å². The van der Waals surface area contributed by atoms with Gasteiger partial charge in [-0.15, -0.1) is 0 Å². The molecular formula is C14H16O2. The first-order valence-electron chi connectivity index (χ1n) is 6.12. The Labute approximate surface area is 95.6 Å². The van der Waals surface area contributed by atoms with Crippen molar-refractivity contribution in [3.05, 3.63) is 35.9 Å². The molecule has 0 aromatic heterocycles. The van der Waals surface area contributed by atoms with Crippen LogP contribution < -0.4 is 0 Å². The predicted octanol–water partition coefficient (Wildman–Crippen LogP) is 2.89. The number of carbonyl (C=O) groups excluding carboxylic acids is 1. The van der Waals surface area contributed by atoms with Gasteiger partial charge in [0, 0.05) is 5.92 Å². The Kier molecular flexibility index (Phi) is 2.43. The van der Waals surface area contributed by atoms with E-state index in [0.29, 0.717) is 5.92 Å². The number of hydrogen-bond donors (Lipinski definition) is 0. The molecule has 1 saturated carbocycles. The molecule has 0 N–H and O–H groups in total. The lowest BCUT2D eigenvalue weighted by Gasteiger charge is -2.25. The van der Waals surface area contributed by atoms with Crippen LogP contribution in [0, 0.1) is 5.92 Å². The van der Waals surface area contributed by atoms with Gasteiger partial charge in [-0.05, 0) is 24.8 Å². The second-order valence-electron chi connectivity index (χ2n) is 4.81. The molecule has 0 unspecified atom stereocenters. The molecule has 0 radical (unpaired) electrons. The number of rotatable bonds is 1. The maximum absolute atomic E-state index is 11.9. The lowest BCUT2D eigenvalue weighted by Crippen LogP contribution is -2.23. The van der Waals surface area contributed by atoms with E-state index in [1.807, 2.05) is 30.3 Å². The Morgan fingerprint density at radius 1 is 1.06 bits per heavy atom. The minimum Gasteiger partial charge on any atom is -0.462 e. The van der Waals surface area contributed by atoms with Crippen LogP contribution in [0.25, 0.3) is 0 Å². The van der Waals surface area contributed by atoms with Gasteiger partial charge < -0.3 is 4.74 Å². The molecule has 1 aromatic carbocycles. The van der Waals surface area contributed by atoms with Crippen molar-refractivity contribution in [2.75, 3.05) is 0 Å². The monoisotopic (exact) mass is 216 g/mol. The highest BCUT2D eigenvalue weighted by Crippen LogP contribution is 2.43. The van der Waals surface area contributed by atoms with Crippen molar-refractivity contribution in [3.8, 4) is 0 Å². The Morgan fingerprint density at radius 3 is 2.62 bits per heavy atom. The largest absolute Gasteiger partial charge is 0.462 e. The molecule has 3 rings (SSSR count). The summed E-state index contributed by atoms with van der Waals surface area (Å²) >= 11 is 0. The predicted molar refractivity (Wildman–Crippen MR) is 61.0 cm³/mol. The van der Waals surface area contributed by atoms with Crippen LogP contribution in [0.3, 0.4) is 0 Å². The molecule has 1 heterocycles. The molecule has 3 atom stereocenters. The zero-order valence-electron chi connectivity index (χ0n) is 9.26. The van der Waals surface area contributed by atoms with Crippen LogP contribution in [0.4, 0.5) is 0 Å². The van der Waals surface area contributed by atoms with Crippen LogP contribution in [0.2, 0.25) is 0 Å². The molecule has 0 spiro atoms. The summed E-state index contributed by atoms with van der Waals surface area (Å²) in [5, 5.41) is 0. The van der Waals surface area contributed by atoms with Crippen molar-refractivity contribution in [3.63, 3.8) is 0 Å². The smallest absolute Gasteiger partial charge is 0.314 e. The highest BCUT2D eigenvalue weighted by molar-refractivity contribution is 5.81. The normalized spacial score (nSPS) is 33.2. The fourth-order valence-electron chi connectivity index (χ4n) is 3.09. The van der Waals surface area contributed by atoms with Crippen molar-refractivity contribution < 1.29 is 9.53 Å². The molecule has 2 nitrogen and oxygen atoms in total. The lowest BCUT2D eigenvalue weighted by molar-refractivity contribution is -0.142. The summed E-state index contributed by atoms with van der Waals surface area (Å²) in [6.45, 7) is 0. The second-order valence-corrected chi connectivity index (χ2v) is 4.81. The molecule has 2 aliphatic rings. The van der Waals surface area contributed by atoms with Crippen LogP contribution in [-0.2, 0) is 9.53 Å². The van der Waals surface area contributed by atoms with Gasteiger partial charge in [0.2, 0.25) is 0 Å². The summed E-state index contributed by atoms with van der Waals surface area (Å²) in [5.74, 6) is 0.401. The fourth-order valence-corrected chi connectivity index (χ4v) is 3.09. The van der Waals surface area contributed by atoms with Gasteiger partial charge >= 0.3 is 5.97 Å². The first-order chi connectivity index (χ1) is 7.86. The topological polar surface area (TPSA) is 26.3 Å². The molecule has 2 heteroatoms. The summed E-state index contributed by atoms with van der Waals surface area (Å²) in [6.07, 6.45) is 4.82. The van der Waals surface area contributed by atoms with Gasteiger partial charge in [0.05, 0.1) is 5.92 Å². The number of esters is 1. The molecule has 1 aromatic rings. The van der Waals surface area contributed by atoms with E-state index in [0.717, 1.165) is 18.4 Å². The Morgan fingerprint density at radius 2 is 1.81 bits per heavy atom. The SMILES string of the molecule is O=C1O[C@@H]2CCCC[C@H]2[C@H]1c1ccccc1. The summed E-state index contributed by atoms with van der Waals surface area (Å²) in [7, 11) is 0. The summed E-state index contributed by atoms with van der Waals surface area (Å²) < 4.78 is 5.49. The van der Waals surface area contributed by atoms with Gasteiger partial charge in [0.25, 0.3) is 0 Å². The van der Waals surface area contributed by atoms with Crippen molar-refractivity contribution in [2.45, 2.75) is 37.7 Å². The number of benzene rings is 1. The van der Waals surface area contributed by atoms with E-state index in [1.54, 1.807) is 0 Å². The zero-order valence-corrected chi connectivity index (χ0v) is 9.26. The molecule has 1 aliphatic carbocycles. The Hall–Kier alpha value is -1.31. The summed E-state index contributed by atoms with van der Waals surface area (Å²) in [5.41, 5.74) is 1.13. The van der Waals surface area contributed by atoms with Crippen LogP contribution >= 0.6 is 0 Å². The molecule has 16 heavy (non-hydrogen) atoms. The minimum atomic E-state index is -0.0110. The fraction of sp³-hybridized carbons (Fsp3) is 0.500. The highest BCUT2D eigenvalue weighted by atomic mass is 16.6. The summed E-state index contributed by atoms with van der Waals surface area (Å²) in [4.78, 5) is 11.9. The number of fused-ring (bicyclic) bond motifs is 1. The van der Waals surface area contributed by atoms with Crippen LogP contribution in [0.15, 0.2) is 30.3 Å². The number of hydrogen-bond acceptors (Lipinski definition) is 2. The molecule has 0 amide bonds. The number of carbonyl (C=O) groups is 1. The standard InChI is InChI=1S/C14H16O2/c15-14-13(10-6-2-1-3-7-10)11-8-4-5-9-12(11)16-14/h1-3,6-7,11-13H,4-5,8-9H2/t11-,12-,13-/m1/s1. The molecule has 1 aliphatic heterocycles. The zero-order chi connectivity index (χ0) is 11.0. The minimum absolute atomic E-state index is 0.00787. The molecule has 2 fully saturated rings. The van der Waals surface area contributed by atoms with E-state index in [-0.39, 0.29) is 18.0 Å². The Bertz CT molecular complexity index is 385. The van der Waals surface area contributed by atoms with E-state index < -0.39 is 0 Å². The Balaban J connectivity index is 1.91. The van der Waals surface area contributed by atoms with E-state index in [2.05, 4.69) is 0 Å². The molecular weight excluding hydrogens is 200 g/mol. The van der Waals surface area contributed by atoms with Crippen molar-refractivity contribution in [2.24, 2.45) is 5.92 Å². The van der Waals surface area contributed by atoms with E-state index in [4.69, 9.17) is 4.74 Å². The first kappa shape index (κ1) is 9.88. The van der Waals surface area contributed by atoms with Gasteiger partial charge in [0.15, 0.2) is 0 Å². The summed E-state index contributed by atoms with van der Waals surface area (Å²) in [6, 6.07) is 10.1. The van der Waals surface area contributed by atoms with E-state index in [9.17, 15) is 4.79 Å². The van der Waals surface area contributed by atoms with E-state index >= 15 is 0 Å². The quantitative estimate of drug-likeness (QED) is 0.675. The molecule has 0 bridgehead atoms. The molecule has 84 valence electrons. The molecule has 1 saturated heterocycles. The highest BCUT2D eigenvalue weighted by Gasteiger charge is 2.45.